The molecular weight excluding hydrogens is 314 g/mol. The highest BCUT2D eigenvalue weighted by molar-refractivity contribution is 5.93. The molecule has 3 rings (SSSR count). The Morgan fingerprint density at radius 3 is 2.76 bits per heavy atom. The highest BCUT2D eigenvalue weighted by Gasteiger charge is 2.33. The molecule has 0 saturated carbocycles. The second kappa shape index (κ2) is 7.16. The first-order valence-corrected chi connectivity index (χ1v) is 8.63. The van der Waals surface area contributed by atoms with Crippen molar-refractivity contribution >= 4 is 23.0 Å². The fourth-order valence-corrected chi connectivity index (χ4v) is 2.82. The fraction of sp³-hybridized carbons (Fsp3) is 0.474. The van der Waals surface area contributed by atoms with Gasteiger partial charge in [-0.1, -0.05) is 37.8 Å². The second-order valence-corrected chi connectivity index (χ2v) is 6.89. The number of aromatic nitrogens is 2. The van der Waals surface area contributed by atoms with Crippen molar-refractivity contribution in [2.75, 3.05) is 38.6 Å². The lowest BCUT2D eigenvalue weighted by atomic mass is 10.1. The van der Waals surface area contributed by atoms with Crippen LogP contribution in [0.2, 0.25) is 0 Å². The first-order valence-electron chi connectivity index (χ1n) is 8.63. The minimum Gasteiger partial charge on any atom is -0.339 e. The van der Waals surface area contributed by atoms with E-state index in [2.05, 4.69) is 46.0 Å². The standard InChI is InChI=1S/C19H25N5O/c1-14(2)8-7-11-20-19(25)24-17-10-6-5-9-16(17)21-18(24)23-12-15(13-23)22(3)4/h5-6,9-10,14-15H,11-13H2,1-4H3,(H,20,25). The molecular formula is C19H25N5O. The number of hydrogen-bond acceptors (Lipinski definition) is 4. The number of likely N-dealkylation sites (N-methyl/N-ethyl adjacent to an activating group) is 1. The van der Waals surface area contributed by atoms with E-state index in [0.717, 1.165) is 24.1 Å². The molecule has 1 aromatic heterocycles. The lowest BCUT2D eigenvalue weighted by molar-refractivity contribution is 0.237. The van der Waals surface area contributed by atoms with Gasteiger partial charge >= 0.3 is 6.03 Å². The molecule has 6 heteroatoms. The van der Waals surface area contributed by atoms with Gasteiger partial charge in [0.25, 0.3) is 0 Å². The fourth-order valence-electron chi connectivity index (χ4n) is 2.82. The van der Waals surface area contributed by atoms with E-state index in [1.807, 2.05) is 38.1 Å². The summed E-state index contributed by atoms with van der Waals surface area (Å²) in [6, 6.07) is 8.03. The maximum atomic E-state index is 12.8. The number of hydrogen-bond donors (Lipinski definition) is 1. The lowest BCUT2D eigenvalue weighted by Gasteiger charge is -2.43. The number of nitrogens with zero attached hydrogens (tertiary/aromatic N) is 4. The quantitative estimate of drug-likeness (QED) is 0.869. The monoisotopic (exact) mass is 339 g/mol. The van der Waals surface area contributed by atoms with E-state index < -0.39 is 0 Å². The highest BCUT2D eigenvalue weighted by atomic mass is 16.2. The second-order valence-electron chi connectivity index (χ2n) is 6.89. The Labute approximate surface area is 148 Å². The summed E-state index contributed by atoms with van der Waals surface area (Å²) in [5.41, 5.74) is 1.65. The van der Waals surface area contributed by atoms with Gasteiger partial charge in [0.15, 0.2) is 0 Å². The van der Waals surface area contributed by atoms with Gasteiger partial charge in [-0.2, -0.15) is 0 Å². The average Bonchev–Trinajstić information content (AvgIpc) is 2.88. The number of benzene rings is 1. The molecule has 1 amide bonds. The van der Waals surface area contributed by atoms with Crippen molar-refractivity contribution in [1.82, 2.24) is 19.8 Å². The minimum atomic E-state index is -0.185. The van der Waals surface area contributed by atoms with Crippen molar-refractivity contribution in [3.05, 3.63) is 24.3 Å². The summed E-state index contributed by atoms with van der Waals surface area (Å²) in [5.74, 6) is 7.04. The minimum absolute atomic E-state index is 0.185. The van der Waals surface area contributed by atoms with Crippen molar-refractivity contribution < 1.29 is 4.79 Å². The molecule has 1 N–H and O–H groups in total. The van der Waals surface area contributed by atoms with Gasteiger partial charge in [0.1, 0.15) is 0 Å². The number of imidazole rings is 1. The molecule has 0 atom stereocenters. The molecule has 2 aromatic rings. The van der Waals surface area contributed by atoms with Crippen LogP contribution in [-0.4, -0.2) is 60.3 Å². The van der Waals surface area contributed by atoms with E-state index >= 15 is 0 Å². The maximum Gasteiger partial charge on any atom is 0.329 e. The van der Waals surface area contributed by atoms with E-state index in [-0.39, 0.29) is 6.03 Å². The Bertz CT molecular complexity index is 821. The number of anilines is 1. The Morgan fingerprint density at radius 1 is 1.36 bits per heavy atom. The molecule has 1 fully saturated rings. The summed E-state index contributed by atoms with van der Waals surface area (Å²) in [4.78, 5) is 21.8. The third-order valence-corrected chi connectivity index (χ3v) is 4.34. The summed E-state index contributed by atoms with van der Waals surface area (Å²) in [7, 11) is 4.15. The van der Waals surface area contributed by atoms with Crippen LogP contribution in [0.5, 0.6) is 0 Å². The van der Waals surface area contributed by atoms with Crippen LogP contribution in [-0.2, 0) is 0 Å². The normalized spacial score (nSPS) is 14.6. The van der Waals surface area contributed by atoms with Crippen LogP contribution in [0.1, 0.15) is 13.8 Å². The van der Waals surface area contributed by atoms with Gasteiger partial charge < -0.3 is 15.1 Å². The molecule has 0 radical (unpaired) electrons. The van der Waals surface area contributed by atoms with E-state index in [9.17, 15) is 4.79 Å². The highest BCUT2D eigenvalue weighted by Crippen LogP contribution is 2.26. The molecule has 1 aliphatic rings. The lowest BCUT2D eigenvalue weighted by Crippen LogP contribution is -2.58. The third-order valence-electron chi connectivity index (χ3n) is 4.34. The van der Waals surface area contributed by atoms with Crippen LogP contribution in [0, 0.1) is 17.8 Å². The van der Waals surface area contributed by atoms with Gasteiger partial charge in [-0.15, -0.1) is 0 Å². The number of amides is 1. The summed E-state index contributed by atoms with van der Waals surface area (Å²) < 4.78 is 1.66. The van der Waals surface area contributed by atoms with E-state index in [1.165, 1.54) is 0 Å². The van der Waals surface area contributed by atoms with Crippen molar-refractivity contribution in [3.63, 3.8) is 0 Å². The Kier molecular flexibility index (Phi) is 4.95. The van der Waals surface area contributed by atoms with Gasteiger partial charge in [0, 0.05) is 25.0 Å². The van der Waals surface area contributed by atoms with Crippen LogP contribution < -0.4 is 10.2 Å². The smallest absolute Gasteiger partial charge is 0.329 e. The van der Waals surface area contributed by atoms with Gasteiger partial charge in [0.2, 0.25) is 5.95 Å². The molecule has 1 saturated heterocycles. The third kappa shape index (κ3) is 3.62. The molecule has 0 bridgehead atoms. The zero-order valence-electron chi connectivity index (χ0n) is 15.3. The number of carbonyl (C=O) groups is 1. The van der Waals surface area contributed by atoms with Gasteiger partial charge in [0.05, 0.1) is 17.6 Å². The first kappa shape index (κ1) is 17.3. The van der Waals surface area contributed by atoms with Crippen LogP contribution in [0.15, 0.2) is 24.3 Å². The van der Waals surface area contributed by atoms with Gasteiger partial charge in [-0.25, -0.2) is 14.3 Å². The SMILES string of the molecule is CC(C)C#CCNC(=O)n1c(N2CC(N(C)C)C2)nc2ccccc21. The summed E-state index contributed by atoms with van der Waals surface area (Å²) >= 11 is 0. The number of rotatable bonds is 3. The number of nitrogens with one attached hydrogen (secondary N) is 1. The molecule has 1 aromatic carbocycles. The number of fused-ring (bicyclic) bond motifs is 1. The van der Waals surface area contributed by atoms with E-state index in [1.54, 1.807) is 4.57 Å². The van der Waals surface area contributed by atoms with Gasteiger partial charge in [-0.05, 0) is 26.2 Å². The van der Waals surface area contributed by atoms with Crippen LogP contribution in [0.3, 0.4) is 0 Å². The Morgan fingerprint density at radius 2 is 2.08 bits per heavy atom. The zero-order valence-corrected chi connectivity index (χ0v) is 15.3. The topological polar surface area (TPSA) is 53.4 Å². The number of carbonyl (C=O) groups excluding carboxylic acids is 1. The molecule has 2 heterocycles. The molecule has 6 nitrogen and oxygen atoms in total. The van der Waals surface area contributed by atoms with Crippen LogP contribution in [0.4, 0.5) is 10.7 Å². The maximum absolute atomic E-state index is 12.8. The Hall–Kier alpha value is -2.52. The predicted molar refractivity (Wildman–Crippen MR) is 101 cm³/mol. The van der Waals surface area contributed by atoms with E-state index in [4.69, 9.17) is 0 Å². The molecule has 25 heavy (non-hydrogen) atoms. The molecule has 0 aliphatic carbocycles. The zero-order chi connectivity index (χ0) is 18.0. The molecule has 0 unspecified atom stereocenters. The van der Waals surface area contributed by atoms with Crippen molar-refractivity contribution in [2.24, 2.45) is 5.92 Å². The van der Waals surface area contributed by atoms with Crippen LogP contribution >= 0.6 is 0 Å². The molecule has 0 spiro atoms. The average molecular weight is 339 g/mol. The van der Waals surface area contributed by atoms with Crippen LogP contribution in [0.25, 0.3) is 11.0 Å². The number of para-hydroxylation sites is 2. The molecule has 132 valence electrons. The summed E-state index contributed by atoms with van der Waals surface area (Å²) in [6.45, 7) is 6.14. The molecule has 1 aliphatic heterocycles. The Balaban J connectivity index is 1.84. The van der Waals surface area contributed by atoms with Crippen molar-refractivity contribution in [2.45, 2.75) is 19.9 Å². The first-order chi connectivity index (χ1) is 12.0. The largest absolute Gasteiger partial charge is 0.339 e. The van der Waals surface area contributed by atoms with Crippen molar-refractivity contribution in [1.29, 1.82) is 0 Å². The summed E-state index contributed by atoms with van der Waals surface area (Å²) in [5, 5.41) is 2.88. The predicted octanol–water partition coefficient (Wildman–Crippen LogP) is 2.00. The van der Waals surface area contributed by atoms with E-state index in [0.29, 0.717) is 24.5 Å². The van der Waals surface area contributed by atoms with Crippen molar-refractivity contribution in [3.8, 4) is 11.8 Å². The summed E-state index contributed by atoms with van der Waals surface area (Å²) in [6.07, 6.45) is 0. The van der Waals surface area contributed by atoms with Gasteiger partial charge in [-0.3, -0.25) is 0 Å².